The molecule has 2 aromatic rings. The summed E-state index contributed by atoms with van der Waals surface area (Å²) in [5, 5.41) is 10.7. The Balaban J connectivity index is 2.68. The summed E-state index contributed by atoms with van der Waals surface area (Å²) in [4.78, 5) is 11.9. The Morgan fingerprint density at radius 3 is 2.32 bits per heavy atom. The van der Waals surface area contributed by atoms with Gasteiger partial charge in [0.25, 0.3) is 0 Å². The van der Waals surface area contributed by atoms with Crippen molar-refractivity contribution in [2.45, 2.75) is 13.3 Å². The van der Waals surface area contributed by atoms with Crippen LogP contribution in [0.3, 0.4) is 0 Å². The minimum atomic E-state index is -0.379. The predicted molar refractivity (Wildman–Crippen MR) is 93.5 cm³/mol. The summed E-state index contributed by atoms with van der Waals surface area (Å²) in [6.45, 7) is 2.04. The zero-order valence-corrected chi connectivity index (χ0v) is 14.8. The van der Waals surface area contributed by atoms with Gasteiger partial charge in [0, 0.05) is 11.1 Å². The van der Waals surface area contributed by atoms with E-state index in [1.165, 1.54) is 21.3 Å². The predicted octanol–water partition coefficient (Wildman–Crippen LogP) is 3.19. The highest BCUT2D eigenvalue weighted by atomic mass is 16.5. The van der Waals surface area contributed by atoms with Gasteiger partial charge >= 0.3 is 5.97 Å². The molecule has 0 unspecified atom stereocenters. The molecule has 0 atom stereocenters. The van der Waals surface area contributed by atoms with Crippen molar-refractivity contribution in [2.75, 3.05) is 27.9 Å². The maximum Gasteiger partial charge on any atom is 0.310 e. The number of phenols is 1. The molecular formula is C19H22O6. The molecule has 0 aliphatic carbocycles. The van der Waals surface area contributed by atoms with Crippen LogP contribution in [0.15, 0.2) is 30.3 Å². The highest BCUT2D eigenvalue weighted by Gasteiger charge is 2.22. The lowest BCUT2D eigenvalue weighted by atomic mass is 9.95. The molecule has 0 saturated carbocycles. The lowest BCUT2D eigenvalue weighted by Gasteiger charge is -2.18. The molecular weight excluding hydrogens is 324 g/mol. The van der Waals surface area contributed by atoms with Gasteiger partial charge in [0.2, 0.25) is 0 Å². The molecule has 6 nitrogen and oxygen atoms in total. The van der Waals surface area contributed by atoms with Gasteiger partial charge in [-0.3, -0.25) is 4.79 Å². The van der Waals surface area contributed by atoms with Gasteiger partial charge in [-0.15, -0.1) is 0 Å². The molecule has 0 heterocycles. The topological polar surface area (TPSA) is 74.2 Å². The van der Waals surface area contributed by atoms with Crippen LogP contribution in [0.1, 0.15) is 12.5 Å². The second-order valence-electron chi connectivity index (χ2n) is 5.17. The van der Waals surface area contributed by atoms with Gasteiger partial charge in [-0.25, -0.2) is 0 Å². The van der Waals surface area contributed by atoms with Crippen LogP contribution in [0.4, 0.5) is 0 Å². The number of benzene rings is 2. The van der Waals surface area contributed by atoms with E-state index in [0.717, 1.165) is 0 Å². The van der Waals surface area contributed by atoms with Gasteiger partial charge < -0.3 is 24.1 Å². The number of rotatable bonds is 7. The molecule has 0 radical (unpaired) electrons. The van der Waals surface area contributed by atoms with Gasteiger partial charge in [0.1, 0.15) is 0 Å². The zero-order valence-electron chi connectivity index (χ0n) is 14.8. The molecule has 0 aliphatic rings. The third kappa shape index (κ3) is 3.79. The summed E-state index contributed by atoms with van der Waals surface area (Å²) < 4.78 is 21.0. The molecule has 0 fully saturated rings. The monoisotopic (exact) mass is 346 g/mol. The van der Waals surface area contributed by atoms with Crippen LogP contribution in [0.25, 0.3) is 11.1 Å². The molecule has 0 aromatic heterocycles. The third-order valence-electron chi connectivity index (χ3n) is 3.76. The summed E-state index contributed by atoms with van der Waals surface area (Å²) in [7, 11) is 4.52. The summed E-state index contributed by atoms with van der Waals surface area (Å²) >= 11 is 0. The summed E-state index contributed by atoms with van der Waals surface area (Å²) in [6, 6.07) is 8.66. The van der Waals surface area contributed by atoms with Crippen LogP contribution in [0.5, 0.6) is 23.0 Å². The van der Waals surface area contributed by atoms with E-state index in [0.29, 0.717) is 40.5 Å². The van der Waals surface area contributed by atoms with Gasteiger partial charge in [-0.05, 0) is 24.6 Å². The average Bonchev–Trinajstić information content (AvgIpc) is 2.61. The van der Waals surface area contributed by atoms with E-state index in [9.17, 15) is 9.90 Å². The SMILES string of the molecule is CCOC(=O)Cc1ccc(OC)c(O)c1-c1cccc(OC)c1OC. The smallest absolute Gasteiger partial charge is 0.310 e. The van der Waals surface area contributed by atoms with Crippen molar-refractivity contribution in [3.05, 3.63) is 35.9 Å². The number of ether oxygens (including phenoxy) is 4. The number of carbonyl (C=O) groups is 1. The molecule has 0 amide bonds. The van der Waals surface area contributed by atoms with Crippen molar-refractivity contribution in [1.29, 1.82) is 0 Å². The third-order valence-corrected chi connectivity index (χ3v) is 3.76. The van der Waals surface area contributed by atoms with E-state index in [4.69, 9.17) is 18.9 Å². The number of hydrogen-bond acceptors (Lipinski definition) is 6. The lowest BCUT2D eigenvalue weighted by molar-refractivity contribution is -0.142. The standard InChI is InChI=1S/C19H22O6/c1-5-25-16(20)11-12-9-10-14(22-2)18(21)17(12)13-7-6-8-15(23-3)19(13)24-4/h6-10,21H,5,11H2,1-4H3. The van der Waals surface area contributed by atoms with Crippen molar-refractivity contribution < 1.29 is 28.8 Å². The largest absolute Gasteiger partial charge is 0.504 e. The summed E-state index contributed by atoms with van der Waals surface area (Å²) in [5.74, 6) is 0.821. The molecule has 25 heavy (non-hydrogen) atoms. The van der Waals surface area contributed by atoms with E-state index in [-0.39, 0.29) is 18.1 Å². The molecule has 0 bridgehead atoms. The van der Waals surface area contributed by atoms with Crippen LogP contribution in [-0.2, 0) is 16.0 Å². The summed E-state index contributed by atoms with van der Waals surface area (Å²) in [6.07, 6.45) is 0.0150. The van der Waals surface area contributed by atoms with E-state index in [1.807, 2.05) is 0 Å². The highest BCUT2D eigenvalue weighted by molar-refractivity contribution is 5.86. The van der Waals surface area contributed by atoms with Crippen molar-refractivity contribution >= 4 is 5.97 Å². The van der Waals surface area contributed by atoms with E-state index in [2.05, 4.69) is 0 Å². The Morgan fingerprint density at radius 1 is 1.00 bits per heavy atom. The van der Waals surface area contributed by atoms with Gasteiger partial charge in [0.15, 0.2) is 23.0 Å². The lowest BCUT2D eigenvalue weighted by Crippen LogP contribution is -2.09. The van der Waals surface area contributed by atoms with Crippen LogP contribution in [-0.4, -0.2) is 39.0 Å². The van der Waals surface area contributed by atoms with Gasteiger partial charge in [-0.2, -0.15) is 0 Å². The average molecular weight is 346 g/mol. The Labute approximate surface area is 146 Å². The fourth-order valence-corrected chi connectivity index (χ4v) is 2.68. The Bertz CT molecular complexity index is 754. The van der Waals surface area contributed by atoms with E-state index in [1.54, 1.807) is 37.3 Å². The second-order valence-corrected chi connectivity index (χ2v) is 5.17. The molecule has 6 heteroatoms. The van der Waals surface area contributed by atoms with Crippen molar-refractivity contribution in [3.8, 4) is 34.1 Å². The molecule has 1 N–H and O–H groups in total. The first-order chi connectivity index (χ1) is 12.1. The second kappa shape index (κ2) is 8.28. The first-order valence-electron chi connectivity index (χ1n) is 7.83. The molecule has 2 aromatic carbocycles. The number of para-hydroxylation sites is 1. The Kier molecular flexibility index (Phi) is 6.11. The molecule has 0 aliphatic heterocycles. The van der Waals surface area contributed by atoms with E-state index < -0.39 is 0 Å². The number of esters is 1. The first-order valence-corrected chi connectivity index (χ1v) is 7.83. The van der Waals surface area contributed by atoms with Crippen LogP contribution in [0, 0.1) is 0 Å². The normalized spacial score (nSPS) is 10.2. The van der Waals surface area contributed by atoms with Crippen LogP contribution in [0.2, 0.25) is 0 Å². The van der Waals surface area contributed by atoms with Gasteiger partial charge in [0.05, 0.1) is 34.4 Å². The van der Waals surface area contributed by atoms with Crippen molar-refractivity contribution in [3.63, 3.8) is 0 Å². The van der Waals surface area contributed by atoms with Crippen LogP contribution >= 0.6 is 0 Å². The van der Waals surface area contributed by atoms with Gasteiger partial charge in [-0.1, -0.05) is 18.2 Å². The molecule has 2 rings (SSSR count). The van der Waals surface area contributed by atoms with Crippen molar-refractivity contribution in [2.24, 2.45) is 0 Å². The highest BCUT2D eigenvalue weighted by Crippen LogP contribution is 2.46. The maximum absolute atomic E-state index is 11.9. The number of carbonyl (C=O) groups excluding carboxylic acids is 1. The Morgan fingerprint density at radius 2 is 1.72 bits per heavy atom. The fourth-order valence-electron chi connectivity index (χ4n) is 2.68. The van der Waals surface area contributed by atoms with Crippen LogP contribution < -0.4 is 14.2 Å². The fraction of sp³-hybridized carbons (Fsp3) is 0.316. The summed E-state index contributed by atoms with van der Waals surface area (Å²) in [5.41, 5.74) is 1.64. The number of phenolic OH excluding ortho intramolecular Hbond substituents is 1. The van der Waals surface area contributed by atoms with E-state index >= 15 is 0 Å². The number of methoxy groups -OCH3 is 3. The minimum Gasteiger partial charge on any atom is -0.504 e. The molecule has 0 spiro atoms. The van der Waals surface area contributed by atoms with Crippen molar-refractivity contribution in [1.82, 2.24) is 0 Å². The minimum absolute atomic E-state index is 0.0150. The molecule has 134 valence electrons. The maximum atomic E-state index is 11.9. The Hall–Kier alpha value is -2.89. The first kappa shape index (κ1) is 18.4. The molecule has 0 saturated heterocycles. The number of aromatic hydroxyl groups is 1. The number of hydrogen-bond donors (Lipinski definition) is 1. The quantitative estimate of drug-likeness (QED) is 0.776. The zero-order chi connectivity index (χ0) is 18.4.